The highest BCUT2D eigenvalue weighted by Gasteiger charge is 2.31. The normalized spacial score (nSPS) is 14.8. The number of hydrogen-bond acceptors (Lipinski definition) is 4. The molecule has 28 heavy (non-hydrogen) atoms. The quantitative estimate of drug-likeness (QED) is 0.736. The van der Waals surface area contributed by atoms with E-state index in [0.717, 1.165) is 27.6 Å². The van der Waals surface area contributed by atoms with E-state index in [-0.39, 0.29) is 17.0 Å². The van der Waals surface area contributed by atoms with Gasteiger partial charge in [-0.05, 0) is 72.7 Å². The Bertz CT molecular complexity index is 1250. The summed E-state index contributed by atoms with van der Waals surface area (Å²) in [5.41, 5.74) is 4.14. The van der Waals surface area contributed by atoms with Crippen LogP contribution in [0.2, 0.25) is 0 Å². The number of nitrogens with one attached hydrogen (secondary N) is 1. The second kappa shape index (κ2) is 6.76. The van der Waals surface area contributed by atoms with Crippen molar-refractivity contribution in [2.24, 2.45) is 0 Å². The van der Waals surface area contributed by atoms with Gasteiger partial charge in [0.2, 0.25) is 10.0 Å². The maximum absolute atomic E-state index is 13.3. The number of sulfonamides is 1. The number of ether oxygens (including phenoxy) is 1. The van der Waals surface area contributed by atoms with Gasteiger partial charge in [-0.2, -0.15) is 4.31 Å². The summed E-state index contributed by atoms with van der Waals surface area (Å²) in [7, 11) is -2.23. The third kappa shape index (κ3) is 3.10. The third-order valence-corrected chi connectivity index (χ3v) is 7.13. The molecular formula is C21H22N2O4S. The number of H-pyrrole nitrogens is 1. The summed E-state index contributed by atoms with van der Waals surface area (Å²) in [5.74, 6) is 0.342. The fourth-order valence-electron chi connectivity index (χ4n) is 3.68. The van der Waals surface area contributed by atoms with Gasteiger partial charge in [-0.15, -0.1) is 0 Å². The topological polar surface area (TPSA) is 79.5 Å². The SMILES string of the molecule is COc1ccc(C)cc1S(=O)(=O)N1CCc2cc3cc(C)c(=O)[nH]c3cc2C1. The zero-order valence-electron chi connectivity index (χ0n) is 16.1. The van der Waals surface area contributed by atoms with Crippen molar-refractivity contribution in [3.63, 3.8) is 0 Å². The second-order valence-electron chi connectivity index (χ2n) is 7.23. The van der Waals surface area contributed by atoms with Crippen molar-refractivity contribution >= 4 is 20.9 Å². The van der Waals surface area contributed by atoms with Gasteiger partial charge in [0, 0.05) is 24.2 Å². The summed E-state index contributed by atoms with van der Waals surface area (Å²) >= 11 is 0. The molecule has 1 N–H and O–H groups in total. The summed E-state index contributed by atoms with van der Waals surface area (Å²) in [4.78, 5) is 15.0. The molecule has 2 aromatic carbocycles. The highest BCUT2D eigenvalue weighted by Crippen LogP contribution is 2.32. The molecule has 7 heteroatoms. The minimum Gasteiger partial charge on any atom is -0.495 e. The molecule has 0 amide bonds. The maximum Gasteiger partial charge on any atom is 0.251 e. The van der Waals surface area contributed by atoms with Crippen LogP contribution < -0.4 is 10.3 Å². The van der Waals surface area contributed by atoms with Crippen LogP contribution in [0.5, 0.6) is 5.75 Å². The van der Waals surface area contributed by atoms with Gasteiger partial charge < -0.3 is 9.72 Å². The monoisotopic (exact) mass is 398 g/mol. The number of aromatic amines is 1. The van der Waals surface area contributed by atoms with Gasteiger partial charge in [0.05, 0.1) is 7.11 Å². The average molecular weight is 398 g/mol. The lowest BCUT2D eigenvalue weighted by molar-refractivity contribution is 0.378. The summed E-state index contributed by atoms with van der Waals surface area (Å²) in [6, 6.07) is 11.0. The molecule has 0 saturated heterocycles. The molecule has 146 valence electrons. The van der Waals surface area contributed by atoms with E-state index in [4.69, 9.17) is 4.74 Å². The third-order valence-electron chi connectivity index (χ3n) is 5.26. The van der Waals surface area contributed by atoms with Crippen molar-refractivity contribution in [3.8, 4) is 5.75 Å². The number of pyridine rings is 1. The summed E-state index contributed by atoms with van der Waals surface area (Å²) in [6.07, 6.45) is 0.622. The van der Waals surface area contributed by atoms with Crippen LogP contribution >= 0.6 is 0 Å². The smallest absolute Gasteiger partial charge is 0.251 e. The molecule has 0 unspecified atom stereocenters. The van der Waals surface area contributed by atoms with Crippen LogP contribution in [0, 0.1) is 13.8 Å². The standard InChI is InChI=1S/C21H22N2O4S/c1-13-4-5-19(27-3)20(8-13)28(25,26)23-7-6-15-10-16-9-14(2)21(24)22-18(16)11-17(15)12-23/h4-5,8-11H,6-7,12H2,1-3H3,(H,22,24). The molecule has 1 aliphatic rings. The van der Waals surface area contributed by atoms with Crippen molar-refractivity contribution < 1.29 is 13.2 Å². The number of fused-ring (bicyclic) bond motifs is 2. The lowest BCUT2D eigenvalue weighted by Gasteiger charge is -2.29. The lowest BCUT2D eigenvalue weighted by Crippen LogP contribution is -2.36. The van der Waals surface area contributed by atoms with Crippen LogP contribution in [-0.4, -0.2) is 31.4 Å². The van der Waals surface area contributed by atoms with Crippen LogP contribution in [0.3, 0.4) is 0 Å². The van der Waals surface area contributed by atoms with E-state index >= 15 is 0 Å². The van der Waals surface area contributed by atoms with E-state index in [2.05, 4.69) is 4.98 Å². The van der Waals surface area contributed by atoms with Crippen LogP contribution in [0.1, 0.15) is 22.3 Å². The molecule has 0 radical (unpaired) electrons. The van der Waals surface area contributed by atoms with Crippen molar-refractivity contribution in [3.05, 3.63) is 69.0 Å². The predicted molar refractivity (Wildman–Crippen MR) is 108 cm³/mol. The average Bonchev–Trinajstić information content (AvgIpc) is 2.67. The first-order chi connectivity index (χ1) is 13.3. The molecule has 1 aliphatic heterocycles. The summed E-state index contributed by atoms with van der Waals surface area (Å²) in [6.45, 7) is 4.30. The minimum absolute atomic E-state index is 0.128. The molecule has 0 fully saturated rings. The Hall–Kier alpha value is -2.64. The largest absolute Gasteiger partial charge is 0.495 e. The number of benzene rings is 2. The minimum atomic E-state index is -3.70. The Morgan fingerprint density at radius 2 is 1.86 bits per heavy atom. The summed E-state index contributed by atoms with van der Waals surface area (Å²) < 4.78 is 33.3. The molecule has 0 saturated carbocycles. The van der Waals surface area contributed by atoms with Crippen LogP contribution in [-0.2, 0) is 23.0 Å². The van der Waals surface area contributed by atoms with Gasteiger partial charge >= 0.3 is 0 Å². The van der Waals surface area contributed by atoms with Crippen molar-refractivity contribution in [2.75, 3.05) is 13.7 Å². The molecule has 0 atom stereocenters. The highest BCUT2D eigenvalue weighted by molar-refractivity contribution is 7.89. The molecule has 4 rings (SSSR count). The number of hydrogen-bond donors (Lipinski definition) is 1. The number of rotatable bonds is 3. The number of methoxy groups -OCH3 is 1. The number of nitrogens with zero attached hydrogens (tertiary/aromatic N) is 1. The first kappa shape index (κ1) is 18.7. The Balaban J connectivity index is 1.76. The first-order valence-corrected chi connectivity index (χ1v) is 10.5. The van der Waals surface area contributed by atoms with E-state index in [9.17, 15) is 13.2 Å². The van der Waals surface area contributed by atoms with E-state index < -0.39 is 10.0 Å². The lowest BCUT2D eigenvalue weighted by atomic mass is 9.98. The molecule has 3 aromatic rings. The molecule has 0 bridgehead atoms. The zero-order chi connectivity index (χ0) is 20.1. The molecule has 0 aliphatic carbocycles. The van der Waals surface area contributed by atoms with Crippen LogP contribution in [0.25, 0.3) is 10.9 Å². The fourth-order valence-corrected chi connectivity index (χ4v) is 5.34. The van der Waals surface area contributed by atoms with E-state index in [1.807, 2.05) is 31.2 Å². The van der Waals surface area contributed by atoms with Crippen molar-refractivity contribution in [1.82, 2.24) is 9.29 Å². The van der Waals surface area contributed by atoms with Gasteiger partial charge in [-0.3, -0.25) is 4.79 Å². The van der Waals surface area contributed by atoms with Crippen LogP contribution in [0.4, 0.5) is 0 Å². The number of aromatic nitrogens is 1. The Morgan fingerprint density at radius 3 is 2.61 bits per heavy atom. The Kier molecular flexibility index (Phi) is 4.51. The van der Waals surface area contributed by atoms with Crippen molar-refractivity contribution in [1.29, 1.82) is 0 Å². The van der Waals surface area contributed by atoms with Crippen LogP contribution in [0.15, 0.2) is 46.1 Å². The molecule has 1 aromatic heterocycles. The molecule has 0 spiro atoms. The Labute approximate surface area is 163 Å². The van der Waals surface area contributed by atoms with Gasteiger partial charge in [0.15, 0.2) is 0 Å². The molecule has 2 heterocycles. The fraction of sp³-hybridized carbons (Fsp3) is 0.286. The molecular weight excluding hydrogens is 376 g/mol. The van der Waals surface area contributed by atoms with E-state index in [1.54, 1.807) is 19.1 Å². The number of aryl methyl sites for hydroxylation is 2. The van der Waals surface area contributed by atoms with Crippen molar-refractivity contribution in [2.45, 2.75) is 31.7 Å². The maximum atomic E-state index is 13.3. The Morgan fingerprint density at radius 1 is 1.07 bits per heavy atom. The summed E-state index contributed by atoms with van der Waals surface area (Å²) in [5, 5.41) is 0.965. The predicted octanol–water partition coefficient (Wildman–Crippen LogP) is 2.90. The van der Waals surface area contributed by atoms with Gasteiger partial charge in [-0.1, -0.05) is 6.07 Å². The van der Waals surface area contributed by atoms with E-state index in [0.29, 0.717) is 24.3 Å². The zero-order valence-corrected chi connectivity index (χ0v) is 16.9. The molecule has 6 nitrogen and oxygen atoms in total. The van der Waals surface area contributed by atoms with Gasteiger partial charge in [0.1, 0.15) is 10.6 Å². The van der Waals surface area contributed by atoms with Gasteiger partial charge in [0.25, 0.3) is 5.56 Å². The second-order valence-corrected chi connectivity index (χ2v) is 9.14. The van der Waals surface area contributed by atoms with E-state index in [1.165, 1.54) is 11.4 Å². The highest BCUT2D eigenvalue weighted by atomic mass is 32.2. The van der Waals surface area contributed by atoms with Gasteiger partial charge in [-0.25, -0.2) is 8.42 Å². The first-order valence-electron chi connectivity index (χ1n) is 9.10.